The van der Waals surface area contributed by atoms with Crippen LogP contribution in [0.15, 0.2) is 83.9 Å². The summed E-state index contributed by atoms with van der Waals surface area (Å²) >= 11 is 3.64. The van der Waals surface area contributed by atoms with Gasteiger partial charge in [0.25, 0.3) is 0 Å². The van der Waals surface area contributed by atoms with E-state index in [0.717, 1.165) is 17.7 Å². The molecule has 1 aliphatic rings. The van der Waals surface area contributed by atoms with E-state index in [4.69, 9.17) is 0 Å². The zero-order valence-corrected chi connectivity index (χ0v) is 23.2. The molecule has 0 aliphatic heterocycles. The Labute approximate surface area is 232 Å². The molecule has 2 aromatic heterocycles. The number of fused-ring (bicyclic) bond motifs is 1. The fourth-order valence-electron chi connectivity index (χ4n) is 5.37. The molecule has 0 amide bonds. The number of phenolic OH excluding ortho intramolecular Hbond substituents is 1. The van der Waals surface area contributed by atoms with Crippen molar-refractivity contribution >= 4 is 68.6 Å². The Kier molecular flexibility index (Phi) is 6.84. The van der Waals surface area contributed by atoms with Gasteiger partial charge < -0.3 is 5.11 Å². The molecule has 1 N–H and O–H groups in total. The highest BCUT2D eigenvalue weighted by atomic mass is 32.1. The molecular formula is C34H29NOS2. The van der Waals surface area contributed by atoms with E-state index in [9.17, 15) is 5.11 Å². The minimum atomic E-state index is 0.205. The molecule has 38 heavy (non-hydrogen) atoms. The summed E-state index contributed by atoms with van der Waals surface area (Å²) in [5.74, 6) is 0.205. The summed E-state index contributed by atoms with van der Waals surface area (Å²) in [6, 6.07) is 26.9. The summed E-state index contributed by atoms with van der Waals surface area (Å²) in [5.41, 5.74) is 7.57. The molecule has 0 saturated heterocycles. The Bertz CT molecular complexity index is 1730. The lowest BCUT2D eigenvalue weighted by Gasteiger charge is -2.07. The Morgan fingerprint density at radius 1 is 0.737 bits per heavy atom. The second-order valence-corrected chi connectivity index (χ2v) is 12.3. The van der Waals surface area contributed by atoms with Gasteiger partial charge in [0.2, 0.25) is 0 Å². The highest BCUT2D eigenvalue weighted by Crippen LogP contribution is 2.45. The number of thiophene rings is 2. The summed E-state index contributed by atoms with van der Waals surface area (Å²) in [7, 11) is 0. The molecule has 6 rings (SSSR count). The lowest BCUT2D eigenvalue weighted by molar-refractivity contribution is 0.477. The van der Waals surface area contributed by atoms with Crippen LogP contribution in [-0.4, -0.2) is 11.3 Å². The van der Waals surface area contributed by atoms with E-state index >= 15 is 0 Å². The maximum Gasteiger partial charge on any atom is 0.141 e. The fraction of sp³-hybridized carbons (Fsp3) is 0.147. The lowest BCUT2D eigenvalue weighted by Crippen LogP contribution is -1.86. The summed E-state index contributed by atoms with van der Waals surface area (Å²) in [6.45, 7) is 4.46. The number of aromatic hydroxyl groups is 1. The van der Waals surface area contributed by atoms with Crippen LogP contribution in [0.5, 0.6) is 5.75 Å². The number of nitrogens with zero attached hydrogens (tertiary/aromatic N) is 1. The summed E-state index contributed by atoms with van der Waals surface area (Å²) in [4.78, 5) is 9.64. The van der Waals surface area contributed by atoms with Crippen LogP contribution in [0.4, 0.5) is 5.69 Å². The average molecular weight is 532 g/mol. The molecule has 0 fully saturated rings. The van der Waals surface area contributed by atoms with Crippen molar-refractivity contribution in [3.63, 3.8) is 0 Å². The van der Waals surface area contributed by atoms with Gasteiger partial charge in [-0.2, -0.15) is 0 Å². The van der Waals surface area contributed by atoms with Crippen LogP contribution >= 0.6 is 22.7 Å². The zero-order valence-electron chi connectivity index (χ0n) is 21.6. The summed E-state index contributed by atoms with van der Waals surface area (Å²) < 4.78 is 0. The second kappa shape index (κ2) is 10.6. The van der Waals surface area contributed by atoms with Crippen molar-refractivity contribution in [2.45, 2.75) is 33.1 Å². The molecule has 3 aromatic carbocycles. The van der Waals surface area contributed by atoms with Crippen molar-refractivity contribution in [2.75, 3.05) is 0 Å². The summed E-state index contributed by atoms with van der Waals surface area (Å²) in [6.07, 6.45) is 9.81. The van der Waals surface area contributed by atoms with E-state index < -0.39 is 0 Å². The van der Waals surface area contributed by atoms with E-state index in [1.54, 1.807) is 17.4 Å². The predicted molar refractivity (Wildman–Crippen MR) is 167 cm³/mol. The van der Waals surface area contributed by atoms with Gasteiger partial charge in [-0.1, -0.05) is 60.7 Å². The third-order valence-corrected chi connectivity index (χ3v) is 9.21. The van der Waals surface area contributed by atoms with Crippen molar-refractivity contribution in [3.05, 3.63) is 115 Å². The molecule has 0 atom stereocenters. The van der Waals surface area contributed by atoms with Crippen molar-refractivity contribution in [3.8, 4) is 5.75 Å². The number of rotatable bonds is 6. The molecule has 4 heteroatoms. The quantitative estimate of drug-likeness (QED) is 0.217. The molecule has 2 nitrogen and oxygen atoms in total. The monoisotopic (exact) mass is 531 g/mol. The third-order valence-electron chi connectivity index (χ3n) is 7.20. The van der Waals surface area contributed by atoms with E-state index in [0.29, 0.717) is 5.69 Å². The van der Waals surface area contributed by atoms with Crippen LogP contribution in [0, 0.1) is 13.8 Å². The normalized spacial score (nSPS) is 14.1. The number of hydrogen-bond donors (Lipinski definition) is 1. The van der Waals surface area contributed by atoms with Gasteiger partial charge in [-0.15, -0.1) is 22.7 Å². The van der Waals surface area contributed by atoms with Crippen LogP contribution in [0.1, 0.15) is 55.5 Å². The van der Waals surface area contributed by atoms with Gasteiger partial charge in [-0.05, 0) is 102 Å². The van der Waals surface area contributed by atoms with E-state index in [1.165, 1.54) is 59.7 Å². The van der Waals surface area contributed by atoms with Crippen LogP contribution in [0.3, 0.4) is 0 Å². The number of para-hydroxylation sites is 2. The van der Waals surface area contributed by atoms with Crippen molar-refractivity contribution < 1.29 is 5.11 Å². The maximum atomic E-state index is 10.0. The first-order valence-electron chi connectivity index (χ1n) is 13.0. The number of aryl methyl sites for hydroxylation is 2. The lowest BCUT2D eigenvalue weighted by atomic mass is 9.97. The smallest absolute Gasteiger partial charge is 0.141 e. The second-order valence-electron chi connectivity index (χ2n) is 9.70. The Morgan fingerprint density at radius 2 is 1.39 bits per heavy atom. The first-order valence-corrected chi connectivity index (χ1v) is 14.6. The molecule has 0 unspecified atom stereocenters. The minimum absolute atomic E-state index is 0.205. The zero-order chi connectivity index (χ0) is 26.1. The van der Waals surface area contributed by atoms with Gasteiger partial charge in [0.15, 0.2) is 0 Å². The number of hydrogen-bond acceptors (Lipinski definition) is 4. The minimum Gasteiger partial charge on any atom is -0.506 e. The van der Waals surface area contributed by atoms with E-state index in [1.807, 2.05) is 35.8 Å². The Morgan fingerprint density at radius 3 is 2.18 bits per heavy atom. The fourth-order valence-corrected chi connectivity index (χ4v) is 7.25. The number of benzene rings is 3. The third kappa shape index (κ3) is 4.90. The van der Waals surface area contributed by atoms with Gasteiger partial charge in [0, 0.05) is 25.7 Å². The van der Waals surface area contributed by atoms with E-state index in [-0.39, 0.29) is 5.75 Å². The van der Waals surface area contributed by atoms with Crippen LogP contribution < -0.4 is 0 Å². The van der Waals surface area contributed by atoms with Crippen molar-refractivity contribution in [1.82, 2.24) is 0 Å². The first-order chi connectivity index (χ1) is 18.6. The van der Waals surface area contributed by atoms with Crippen LogP contribution in [-0.2, 0) is 0 Å². The highest BCUT2D eigenvalue weighted by Gasteiger charge is 2.22. The maximum absolute atomic E-state index is 10.0. The molecule has 1 aliphatic carbocycles. The van der Waals surface area contributed by atoms with Crippen LogP contribution in [0.2, 0.25) is 0 Å². The predicted octanol–water partition coefficient (Wildman–Crippen LogP) is 10.3. The van der Waals surface area contributed by atoms with Crippen molar-refractivity contribution in [2.24, 2.45) is 4.99 Å². The van der Waals surface area contributed by atoms with Gasteiger partial charge in [-0.3, -0.25) is 4.99 Å². The molecule has 0 spiro atoms. The molecule has 188 valence electrons. The standard InChI is InChI=1S/C34H29NOS2/c1-22-31(19-26(37-22)18-17-25-11-7-10-24-9-3-4-12-28(24)25)29-13-8-14-30(29)32-20-27(38-23(32)2)21-35-33-15-5-6-16-34(33)36/h3-7,9-12,15-21,36H,8,13-14H2,1-2H3/b18-17+,35-21?. The van der Waals surface area contributed by atoms with Crippen LogP contribution in [0.25, 0.3) is 34.1 Å². The Hall–Kier alpha value is -3.73. The van der Waals surface area contributed by atoms with Gasteiger partial charge in [0.05, 0.1) is 0 Å². The average Bonchev–Trinajstić information content (AvgIpc) is 3.64. The van der Waals surface area contributed by atoms with Crippen molar-refractivity contribution in [1.29, 1.82) is 0 Å². The SMILES string of the molecule is Cc1sc(C=Nc2ccccc2O)cc1C1=C(c2cc(/C=C/c3cccc4ccccc34)sc2C)CCC1. The number of aliphatic imine (C=N–C) groups is 1. The molecular weight excluding hydrogens is 503 g/mol. The molecule has 2 heterocycles. The molecule has 0 saturated carbocycles. The number of allylic oxidation sites excluding steroid dienone is 2. The first kappa shape index (κ1) is 24.6. The molecule has 0 bridgehead atoms. The van der Waals surface area contributed by atoms with E-state index in [2.05, 4.69) is 85.6 Å². The van der Waals surface area contributed by atoms with Gasteiger partial charge >= 0.3 is 0 Å². The Balaban J connectivity index is 1.30. The van der Waals surface area contributed by atoms with Gasteiger partial charge in [-0.25, -0.2) is 0 Å². The number of phenols is 1. The topological polar surface area (TPSA) is 32.6 Å². The van der Waals surface area contributed by atoms with Gasteiger partial charge in [0.1, 0.15) is 11.4 Å². The highest BCUT2D eigenvalue weighted by molar-refractivity contribution is 7.14. The largest absolute Gasteiger partial charge is 0.506 e. The molecule has 0 radical (unpaired) electrons. The molecule has 5 aromatic rings. The summed E-state index contributed by atoms with van der Waals surface area (Å²) in [5, 5.41) is 12.6.